The Kier molecular flexibility index (Phi) is 40.2. The summed E-state index contributed by atoms with van der Waals surface area (Å²) in [5, 5.41) is 13.8. The van der Waals surface area contributed by atoms with Gasteiger partial charge in [-0.25, -0.2) is 4.57 Å². The van der Waals surface area contributed by atoms with E-state index in [-0.39, 0.29) is 19.1 Å². The number of amides is 1. The van der Waals surface area contributed by atoms with Crippen molar-refractivity contribution in [3.8, 4) is 0 Å². The number of carbonyl (C=O) groups is 1. The average molecular weight is 840 g/mol. The van der Waals surface area contributed by atoms with Gasteiger partial charge < -0.3 is 19.8 Å². The van der Waals surface area contributed by atoms with Gasteiger partial charge in [0.1, 0.15) is 13.2 Å². The van der Waals surface area contributed by atoms with E-state index in [1.807, 2.05) is 27.2 Å². The molecular formula is C49H96N2O6P+. The molecule has 1 amide bonds. The van der Waals surface area contributed by atoms with Crippen LogP contribution in [0.4, 0.5) is 0 Å². The predicted octanol–water partition coefficient (Wildman–Crippen LogP) is 13.9. The number of hydrogen-bond acceptors (Lipinski definition) is 5. The van der Waals surface area contributed by atoms with E-state index in [2.05, 4.69) is 43.5 Å². The Morgan fingerprint density at radius 2 is 0.948 bits per heavy atom. The standard InChI is InChI=1S/C49H95N2O6P/c1-6-8-10-12-14-16-18-20-22-24-25-26-27-29-31-33-35-37-39-41-43-49(53)50-47(46-57-58(54,55)56-45-44-51(3,4)5)48(52)42-40-38-36-34-32-30-28-23-21-19-17-15-13-11-9-7-2/h21,23,32,34,40,42,47-48,52H,6-20,22,24-31,33,35-39,41,43-46H2,1-5H3,(H-,50,53,54,55)/p+1/b23-21+,34-32+,42-40+. The lowest BCUT2D eigenvalue weighted by molar-refractivity contribution is -0.870. The number of aliphatic hydroxyl groups is 1. The summed E-state index contributed by atoms with van der Waals surface area (Å²) in [5.74, 6) is -0.189. The minimum Gasteiger partial charge on any atom is -0.387 e. The first kappa shape index (κ1) is 56.7. The second-order valence-electron chi connectivity index (χ2n) is 17.8. The second-order valence-corrected chi connectivity index (χ2v) is 19.3. The van der Waals surface area contributed by atoms with Gasteiger partial charge in [0.15, 0.2) is 0 Å². The van der Waals surface area contributed by atoms with Crippen LogP contribution in [0.15, 0.2) is 36.5 Å². The van der Waals surface area contributed by atoms with Crippen LogP contribution in [0.2, 0.25) is 0 Å². The summed E-state index contributed by atoms with van der Waals surface area (Å²) in [6, 6.07) is -0.866. The van der Waals surface area contributed by atoms with Crippen LogP contribution < -0.4 is 5.32 Å². The van der Waals surface area contributed by atoms with Gasteiger partial charge in [-0.15, -0.1) is 0 Å². The average Bonchev–Trinajstić information content (AvgIpc) is 3.17. The van der Waals surface area contributed by atoms with Crippen molar-refractivity contribution in [3.05, 3.63) is 36.5 Å². The highest BCUT2D eigenvalue weighted by Crippen LogP contribution is 2.43. The zero-order valence-corrected chi connectivity index (χ0v) is 39.7. The van der Waals surface area contributed by atoms with Crippen LogP contribution in [-0.4, -0.2) is 73.4 Å². The quantitative estimate of drug-likeness (QED) is 0.0244. The van der Waals surface area contributed by atoms with Crippen LogP contribution in [0.1, 0.15) is 219 Å². The largest absolute Gasteiger partial charge is 0.472 e. The van der Waals surface area contributed by atoms with Crippen molar-refractivity contribution in [1.29, 1.82) is 0 Å². The monoisotopic (exact) mass is 840 g/mol. The second kappa shape index (κ2) is 41.1. The Labute approximate surface area is 359 Å². The van der Waals surface area contributed by atoms with Crippen molar-refractivity contribution in [2.45, 2.75) is 231 Å². The van der Waals surface area contributed by atoms with E-state index < -0.39 is 20.0 Å². The summed E-state index contributed by atoms with van der Waals surface area (Å²) < 4.78 is 23.6. The summed E-state index contributed by atoms with van der Waals surface area (Å²) in [5.41, 5.74) is 0. The Morgan fingerprint density at radius 3 is 1.38 bits per heavy atom. The molecule has 0 heterocycles. The first-order chi connectivity index (χ1) is 28.0. The Bertz CT molecular complexity index is 1040. The molecule has 0 aliphatic carbocycles. The molecular weight excluding hydrogens is 744 g/mol. The first-order valence-electron chi connectivity index (χ1n) is 24.4. The third-order valence-electron chi connectivity index (χ3n) is 10.8. The number of hydrogen-bond donors (Lipinski definition) is 3. The predicted molar refractivity (Wildman–Crippen MR) is 249 cm³/mol. The maximum Gasteiger partial charge on any atom is 0.472 e. The van der Waals surface area contributed by atoms with E-state index >= 15 is 0 Å². The Balaban J connectivity index is 4.38. The fraction of sp³-hybridized carbons (Fsp3) is 0.857. The van der Waals surface area contributed by atoms with Crippen LogP contribution >= 0.6 is 7.82 Å². The lowest BCUT2D eigenvalue weighted by atomic mass is 10.0. The topological polar surface area (TPSA) is 105 Å². The van der Waals surface area contributed by atoms with Crippen molar-refractivity contribution in [2.24, 2.45) is 0 Å². The molecule has 3 atom stereocenters. The number of unbranched alkanes of at least 4 members (excludes halogenated alkanes) is 27. The Hall–Kier alpha value is -1.28. The highest BCUT2D eigenvalue weighted by molar-refractivity contribution is 7.47. The van der Waals surface area contributed by atoms with E-state index in [1.54, 1.807) is 6.08 Å². The van der Waals surface area contributed by atoms with E-state index in [0.717, 1.165) is 44.9 Å². The molecule has 0 saturated heterocycles. The number of nitrogens with zero attached hydrogens (tertiary/aromatic N) is 1. The minimum atomic E-state index is -4.35. The van der Waals surface area contributed by atoms with Gasteiger partial charge in [0.25, 0.3) is 0 Å². The summed E-state index contributed by atoms with van der Waals surface area (Å²) in [6.07, 6.45) is 50.8. The highest BCUT2D eigenvalue weighted by Gasteiger charge is 2.27. The van der Waals surface area contributed by atoms with Gasteiger partial charge in [-0.2, -0.15) is 0 Å². The number of rotatable bonds is 44. The molecule has 0 saturated carbocycles. The molecule has 3 unspecified atom stereocenters. The number of aliphatic hydroxyl groups excluding tert-OH is 1. The number of nitrogens with one attached hydrogen (secondary N) is 1. The molecule has 0 rings (SSSR count). The number of phosphoric acid groups is 1. The lowest BCUT2D eigenvalue weighted by Gasteiger charge is -2.25. The normalized spacial score (nSPS) is 14.5. The van der Waals surface area contributed by atoms with Gasteiger partial charge >= 0.3 is 7.82 Å². The fourth-order valence-corrected chi connectivity index (χ4v) is 7.69. The van der Waals surface area contributed by atoms with E-state index in [1.165, 1.54) is 154 Å². The number of carbonyl (C=O) groups excluding carboxylic acids is 1. The fourth-order valence-electron chi connectivity index (χ4n) is 6.96. The zero-order chi connectivity index (χ0) is 42.8. The van der Waals surface area contributed by atoms with E-state index in [9.17, 15) is 19.4 Å². The van der Waals surface area contributed by atoms with Crippen LogP contribution in [0, 0.1) is 0 Å². The van der Waals surface area contributed by atoms with Gasteiger partial charge in [0.2, 0.25) is 5.91 Å². The molecule has 58 heavy (non-hydrogen) atoms. The molecule has 9 heteroatoms. The van der Waals surface area contributed by atoms with Crippen LogP contribution in [-0.2, 0) is 18.4 Å². The summed E-state index contributed by atoms with van der Waals surface area (Å²) >= 11 is 0. The van der Waals surface area contributed by atoms with Crippen molar-refractivity contribution in [1.82, 2.24) is 5.32 Å². The Morgan fingerprint density at radius 1 is 0.569 bits per heavy atom. The summed E-state index contributed by atoms with van der Waals surface area (Å²) in [4.78, 5) is 23.2. The van der Waals surface area contributed by atoms with Crippen molar-refractivity contribution >= 4 is 13.7 Å². The van der Waals surface area contributed by atoms with E-state index in [4.69, 9.17) is 9.05 Å². The van der Waals surface area contributed by atoms with Gasteiger partial charge in [-0.05, 0) is 44.9 Å². The maximum absolute atomic E-state index is 12.9. The molecule has 0 aromatic rings. The molecule has 0 spiro atoms. The zero-order valence-electron chi connectivity index (χ0n) is 38.8. The van der Waals surface area contributed by atoms with Crippen molar-refractivity contribution in [3.63, 3.8) is 0 Å². The molecule has 3 N–H and O–H groups in total. The molecule has 0 aliphatic rings. The molecule has 342 valence electrons. The van der Waals surface area contributed by atoms with Crippen molar-refractivity contribution in [2.75, 3.05) is 40.9 Å². The van der Waals surface area contributed by atoms with E-state index in [0.29, 0.717) is 17.4 Å². The smallest absolute Gasteiger partial charge is 0.387 e. The third-order valence-corrected chi connectivity index (χ3v) is 11.8. The van der Waals surface area contributed by atoms with Gasteiger partial charge in [-0.1, -0.05) is 204 Å². The summed E-state index contributed by atoms with van der Waals surface area (Å²) in [6.45, 7) is 4.79. The third kappa shape index (κ3) is 42.8. The minimum absolute atomic E-state index is 0.0548. The maximum atomic E-state index is 12.9. The number of allylic oxidation sites excluding steroid dienone is 5. The lowest BCUT2D eigenvalue weighted by Crippen LogP contribution is -2.45. The molecule has 0 aliphatic heterocycles. The van der Waals surface area contributed by atoms with Gasteiger partial charge in [0.05, 0.1) is 39.9 Å². The number of quaternary nitrogens is 1. The van der Waals surface area contributed by atoms with Gasteiger partial charge in [-0.3, -0.25) is 13.8 Å². The van der Waals surface area contributed by atoms with Gasteiger partial charge in [0, 0.05) is 6.42 Å². The SMILES string of the molecule is CCCCCCCC/C=C/CC/C=C/CC/C=C/C(O)C(COP(=O)(O)OCC[N+](C)(C)C)NC(=O)CCCCCCCCCCCCCCCCCCCCCC. The molecule has 0 fully saturated rings. The number of likely N-dealkylation sites (N-methyl/N-ethyl adjacent to an activating group) is 1. The summed E-state index contributed by atoms with van der Waals surface area (Å²) in [7, 11) is 1.55. The van der Waals surface area contributed by atoms with Crippen molar-refractivity contribution < 1.29 is 32.9 Å². The molecule has 0 aromatic carbocycles. The molecule has 0 radical (unpaired) electrons. The van der Waals surface area contributed by atoms with Crippen LogP contribution in [0.25, 0.3) is 0 Å². The van der Waals surface area contributed by atoms with Crippen LogP contribution in [0.3, 0.4) is 0 Å². The number of phosphoric ester groups is 1. The molecule has 0 aromatic heterocycles. The first-order valence-corrected chi connectivity index (χ1v) is 25.9. The highest BCUT2D eigenvalue weighted by atomic mass is 31.2. The van der Waals surface area contributed by atoms with Crippen LogP contribution in [0.5, 0.6) is 0 Å². The molecule has 8 nitrogen and oxygen atoms in total. The molecule has 0 bridgehead atoms.